The Morgan fingerprint density at radius 3 is 2.36 bits per heavy atom. The Balaban J connectivity index is 0.00000205. The first-order valence-corrected chi connectivity index (χ1v) is 14.0. The van der Waals surface area contributed by atoms with Gasteiger partial charge in [-0.1, -0.05) is 32.0 Å². The maximum atomic E-state index is 8.87. The Morgan fingerprint density at radius 1 is 0.974 bits per heavy atom. The molecule has 4 rings (SSSR count). The molecule has 0 spiro atoms. The fourth-order valence-corrected chi connectivity index (χ4v) is 4.47. The van der Waals surface area contributed by atoms with Crippen LogP contribution in [0.5, 0.6) is 11.5 Å². The molecule has 2 heterocycles. The third-order valence-electron chi connectivity index (χ3n) is 6.56. The minimum absolute atomic E-state index is 0.285. The molecule has 2 aromatic carbocycles. The summed E-state index contributed by atoms with van der Waals surface area (Å²) in [5, 5.41) is 19.0. The number of nitrogens with zero attached hydrogens (tertiary/aromatic N) is 3. The van der Waals surface area contributed by atoms with E-state index >= 15 is 0 Å². The Morgan fingerprint density at radius 2 is 1.67 bits per heavy atom. The molecule has 0 saturated carbocycles. The first-order chi connectivity index (χ1) is 19.1. The number of benzene rings is 2. The second-order valence-electron chi connectivity index (χ2n) is 9.26. The van der Waals surface area contributed by atoms with Crippen molar-refractivity contribution in [3.8, 4) is 11.5 Å². The van der Waals surface area contributed by atoms with Crippen molar-refractivity contribution in [2.75, 3.05) is 57.4 Å². The van der Waals surface area contributed by atoms with E-state index in [4.69, 9.17) is 15.9 Å². The predicted molar refractivity (Wildman–Crippen MR) is 161 cm³/mol. The van der Waals surface area contributed by atoms with Crippen LogP contribution in [0.3, 0.4) is 0 Å². The van der Waals surface area contributed by atoms with Crippen molar-refractivity contribution in [3.63, 3.8) is 0 Å². The van der Waals surface area contributed by atoms with Gasteiger partial charge in [0.15, 0.2) is 0 Å². The molecule has 1 aliphatic rings. The van der Waals surface area contributed by atoms with E-state index in [0.29, 0.717) is 22.9 Å². The van der Waals surface area contributed by atoms with Crippen LogP contribution >= 0.6 is 0 Å². The van der Waals surface area contributed by atoms with Gasteiger partial charge in [-0.2, -0.15) is 0 Å². The second-order valence-corrected chi connectivity index (χ2v) is 9.26. The molecule has 0 unspecified atom stereocenters. The number of aromatic nitrogens is 2. The van der Waals surface area contributed by atoms with Crippen LogP contribution in [-0.2, 0) is 0 Å². The van der Waals surface area contributed by atoms with Gasteiger partial charge in [0.1, 0.15) is 29.5 Å². The third kappa shape index (κ3) is 9.31. The summed E-state index contributed by atoms with van der Waals surface area (Å²) in [6.45, 7) is 10.3. The number of nitrogen functional groups attached to an aromatic ring is 1. The highest BCUT2D eigenvalue weighted by molar-refractivity contribution is 6.16. The van der Waals surface area contributed by atoms with Crippen LogP contribution < -0.4 is 26.4 Å². The molecule has 9 nitrogen and oxygen atoms in total. The first-order valence-electron chi connectivity index (χ1n) is 14.0. The van der Waals surface area contributed by atoms with Gasteiger partial charge in [-0.05, 0) is 75.8 Å². The Hall–Kier alpha value is -3.53. The van der Waals surface area contributed by atoms with E-state index in [9.17, 15) is 0 Å². The van der Waals surface area contributed by atoms with Crippen LogP contribution in [0.2, 0.25) is 0 Å². The van der Waals surface area contributed by atoms with Crippen LogP contribution in [0.4, 0.5) is 11.6 Å². The van der Waals surface area contributed by atoms with Gasteiger partial charge in [0.2, 0.25) is 0 Å². The molecule has 0 atom stereocenters. The molecule has 0 bridgehead atoms. The van der Waals surface area contributed by atoms with Crippen LogP contribution in [0, 0.1) is 5.41 Å². The number of hydrogen-bond donors (Lipinski definition) is 5. The van der Waals surface area contributed by atoms with Gasteiger partial charge in [-0.3, -0.25) is 5.41 Å². The summed E-state index contributed by atoms with van der Waals surface area (Å²) < 4.78 is 5.88. The van der Waals surface area contributed by atoms with Crippen molar-refractivity contribution in [3.05, 3.63) is 72.1 Å². The summed E-state index contributed by atoms with van der Waals surface area (Å²) in [6, 6.07) is 17.4. The number of rotatable bonds is 13. The molecule has 1 aromatic heterocycles. The number of piperidine rings is 1. The average Bonchev–Trinajstić information content (AvgIpc) is 2.97. The minimum Gasteiger partial charge on any atom is -0.457 e. The average molecular weight is 533 g/mol. The van der Waals surface area contributed by atoms with Gasteiger partial charge < -0.3 is 31.3 Å². The number of hydrogen-bond acceptors (Lipinski definition) is 9. The Bertz CT molecular complexity index is 1120. The normalized spacial score (nSPS) is 13.8. The maximum Gasteiger partial charge on any atom is 0.141 e. The van der Waals surface area contributed by atoms with E-state index in [1.165, 1.54) is 6.33 Å². The third-order valence-corrected chi connectivity index (χ3v) is 6.56. The van der Waals surface area contributed by atoms with Gasteiger partial charge in [0.05, 0.1) is 11.3 Å². The smallest absolute Gasteiger partial charge is 0.141 e. The SMILES string of the molecule is CC.CNCCNCCCN1CCC(Nc2ncnc(N)c2C(=N)c2ccc(Oc3ccccc3)cc2)CC1. The van der Waals surface area contributed by atoms with Crippen molar-refractivity contribution < 1.29 is 4.74 Å². The number of nitrogens with two attached hydrogens (primary N) is 1. The second kappa shape index (κ2) is 16.4. The highest BCUT2D eigenvalue weighted by Crippen LogP contribution is 2.26. The highest BCUT2D eigenvalue weighted by atomic mass is 16.5. The monoisotopic (exact) mass is 532 g/mol. The van der Waals surface area contributed by atoms with E-state index in [1.807, 2.05) is 75.5 Å². The largest absolute Gasteiger partial charge is 0.457 e. The molecular formula is C30H44N8O. The topological polar surface area (TPSA) is 124 Å². The minimum atomic E-state index is 0.285. The number of anilines is 2. The van der Waals surface area contributed by atoms with Crippen molar-refractivity contribution in [1.82, 2.24) is 25.5 Å². The van der Waals surface area contributed by atoms with Crippen LogP contribution in [0.1, 0.15) is 44.2 Å². The predicted octanol–water partition coefficient (Wildman–Crippen LogP) is 4.37. The zero-order valence-corrected chi connectivity index (χ0v) is 23.5. The molecule has 3 aromatic rings. The standard InChI is InChI=1S/C28H38N8O.C2H6/c1-31-15-16-32-14-5-17-36-18-12-22(13-19-36)35-28-25(27(30)33-20-34-28)26(29)21-8-10-24(11-9-21)37-23-6-3-2-4-7-23;1-2/h2-4,6-11,20,22,29,31-32H,5,12-19H2,1H3,(H3,30,33,34,35);1-2H3. The zero-order chi connectivity index (χ0) is 27.9. The Labute approximate surface area is 233 Å². The van der Waals surface area contributed by atoms with Gasteiger partial charge in [0.25, 0.3) is 0 Å². The number of likely N-dealkylation sites (tertiary alicyclic amines) is 1. The van der Waals surface area contributed by atoms with E-state index in [-0.39, 0.29) is 11.8 Å². The molecule has 39 heavy (non-hydrogen) atoms. The number of likely N-dealkylation sites (N-methyl/N-ethyl adjacent to an activating group) is 1. The van der Waals surface area contributed by atoms with Crippen molar-refractivity contribution in [1.29, 1.82) is 5.41 Å². The number of nitrogens with one attached hydrogen (secondary N) is 4. The summed E-state index contributed by atoms with van der Waals surface area (Å²) in [5.74, 6) is 2.40. The molecule has 1 aliphatic heterocycles. The van der Waals surface area contributed by atoms with Crippen molar-refractivity contribution in [2.45, 2.75) is 39.2 Å². The van der Waals surface area contributed by atoms with Gasteiger partial charge >= 0.3 is 0 Å². The number of ether oxygens (including phenoxy) is 1. The van der Waals surface area contributed by atoms with Gasteiger partial charge in [-0.15, -0.1) is 0 Å². The summed E-state index contributed by atoms with van der Waals surface area (Å²) in [5.41, 5.74) is 7.79. The molecule has 1 fully saturated rings. The summed E-state index contributed by atoms with van der Waals surface area (Å²) in [6.07, 6.45) is 4.66. The van der Waals surface area contributed by atoms with E-state index in [2.05, 4.69) is 30.8 Å². The van der Waals surface area contributed by atoms with Crippen LogP contribution in [-0.4, -0.2) is 72.9 Å². The first kappa shape index (κ1) is 30.0. The fraction of sp³-hybridized carbons (Fsp3) is 0.433. The molecule has 0 radical (unpaired) electrons. The molecule has 0 amide bonds. The van der Waals surface area contributed by atoms with Gasteiger partial charge in [0, 0.05) is 37.8 Å². The highest BCUT2D eigenvalue weighted by Gasteiger charge is 2.22. The fourth-order valence-electron chi connectivity index (χ4n) is 4.47. The van der Waals surface area contributed by atoms with Gasteiger partial charge in [-0.25, -0.2) is 9.97 Å². The summed E-state index contributed by atoms with van der Waals surface area (Å²) in [4.78, 5) is 11.2. The van der Waals surface area contributed by atoms with E-state index < -0.39 is 0 Å². The Kier molecular flexibility index (Phi) is 12.7. The lowest BCUT2D eigenvalue weighted by Gasteiger charge is -2.33. The summed E-state index contributed by atoms with van der Waals surface area (Å²) in [7, 11) is 1.97. The van der Waals surface area contributed by atoms with E-state index in [0.717, 1.165) is 69.8 Å². The van der Waals surface area contributed by atoms with E-state index in [1.54, 1.807) is 0 Å². The van der Waals surface area contributed by atoms with Crippen molar-refractivity contribution in [2.24, 2.45) is 0 Å². The van der Waals surface area contributed by atoms with Crippen LogP contribution in [0.25, 0.3) is 0 Å². The summed E-state index contributed by atoms with van der Waals surface area (Å²) >= 11 is 0. The molecule has 6 N–H and O–H groups in total. The molecule has 1 saturated heterocycles. The zero-order valence-electron chi connectivity index (χ0n) is 23.5. The lowest BCUT2D eigenvalue weighted by atomic mass is 10.0. The molecule has 0 aliphatic carbocycles. The van der Waals surface area contributed by atoms with Crippen molar-refractivity contribution >= 4 is 17.3 Å². The lowest BCUT2D eigenvalue weighted by Crippen LogP contribution is -2.40. The molecule has 210 valence electrons. The number of para-hydroxylation sites is 1. The lowest BCUT2D eigenvalue weighted by molar-refractivity contribution is 0.216. The molecule has 9 heteroatoms. The van der Waals surface area contributed by atoms with Crippen LogP contribution in [0.15, 0.2) is 60.9 Å². The quantitative estimate of drug-likeness (QED) is 0.162. The molecular weight excluding hydrogens is 488 g/mol. The maximum absolute atomic E-state index is 8.87.